The lowest BCUT2D eigenvalue weighted by atomic mass is 10.1. The zero-order chi connectivity index (χ0) is 11.1. The number of rotatable bonds is 7. The van der Waals surface area contributed by atoms with Crippen LogP contribution in [0.15, 0.2) is 0 Å². The van der Waals surface area contributed by atoms with Crippen LogP contribution < -0.4 is 0 Å². The van der Waals surface area contributed by atoms with Crippen molar-refractivity contribution >= 4 is 5.97 Å². The maximum absolute atomic E-state index is 10.5. The molecule has 0 aliphatic heterocycles. The molecule has 5 heteroatoms. The van der Waals surface area contributed by atoms with Crippen molar-refractivity contribution in [1.82, 2.24) is 4.90 Å². The fraction of sp³-hybridized carbons (Fsp3) is 0.889. The Morgan fingerprint density at radius 3 is 2.50 bits per heavy atom. The van der Waals surface area contributed by atoms with E-state index in [1.54, 1.807) is 18.9 Å². The van der Waals surface area contributed by atoms with Crippen molar-refractivity contribution in [3.8, 4) is 0 Å². The zero-order valence-corrected chi connectivity index (χ0v) is 8.93. The molecule has 0 spiro atoms. The molecule has 0 bridgehead atoms. The first kappa shape index (κ1) is 13.4. The van der Waals surface area contributed by atoms with Gasteiger partial charge in [0, 0.05) is 20.2 Å². The maximum Gasteiger partial charge on any atom is 0.307 e. The molecule has 0 aromatic heterocycles. The van der Waals surface area contributed by atoms with Crippen LogP contribution in [0.5, 0.6) is 0 Å². The van der Waals surface area contributed by atoms with Crippen LogP contribution in [0.1, 0.15) is 6.92 Å². The summed E-state index contributed by atoms with van der Waals surface area (Å²) in [4.78, 5) is 12.3. The van der Waals surface area contributed by atoms with Crippen LogP contribution in [0.4, 0.5) is 0 Å². The van der Waals surface area contributed by atoms with Gasteiger partial charge in [-0.2, -0.15) is 0 Å². The van der Waals surface area contributed by atoms with Gasteiger partial charge in [-0.15, -0.1) is 0 Å². The van der Waals surface area contributed by atoms with Crippen molar-refractivity contribution in [3.05, 3.63) is 0 Å². The number of carboxylic acid groups (broad SMARTS) is 1. The lowest BCUT2D eigenvalue weighted by Gasteiger charge is -2.21. The molecule has 0 aliphatic rings. The Labute approximate surface area is 84.3 Å². The highest BCUT2D eigenvalue weighted by Gasteiger charge is 2.15. The quantitative estimate of drug-likeness (QED) is 0.594. The van der Waals surface area contributed by atoms with Crippen LogP contribution in [0.25, 0.3) is 0 Å². The molecule has 0 saturated heterocycles. The summed E-state index contributed by atoms with van der Waals surface area (Å²) in [6, 6.07) is 0. The molecule has 84 valence electrons. The molecule has 0 heterocycles. The highest BCUT2D eigenvalue weighted by atomic mass is 16.5. The zero-order valence-electron chi connectivity index (χ0n) is 8.93. The van der Waals surface area contributed by atoms with E-state index >= 15 is 0 Å². The second-order valence-corrected chi connectivity index (χ2v) is 3.57. The van der Waals surface area contributed by atoms with Gasteiger partial charge >= 0.3 is 5.97 Å². The second kappa shape index (κ2) is 6.75. The van der Waals surface area contributed by atoms with Crippen molar-refractivity contribution in [2.24, 2.45) is 5.92 Å². The molecule has 14 heavy (non-hydrogen) atoms. The van der Waals surface area contributed by atoms with E-state index in [0.29, 0.717) is 13.1 Å². The Bertz CT molecular complexity index is 174. The van der Waals surface area contributed by atoms with E-state index in [-0.39, 0.29) is 6.61 Å². The van der Waals surface area contributed by atoms with Crippen molar-refractivity contribution in [2.45, 2.75) is 13.0 Å². The molecule has 0 aromatic carbocycles. The number of nitrogens with zero attached hydrogens (tertiary/aromatic N) is 1. The smallest absolute Gasteiger partial charge is 0.307 e. The van der Waals surface area contributed by atoms with E-state index in [1.807, 2.05) is 0 Å². The maximum atomic E-state index is 10.5. The summed E-state index contributed by atoms with van der Waals surface area (Å²) in [5.74, 6) is -1.24. The van der Waals surface area contributed by atoms with Gasteiger partial charge in [-0.1, -0.05) is 6.92 Å². The SMILES string of the molecule is COCC(O)CN(C)CC(C)C(=O)O. The van der Waals surface area contributed by atoms with Crippen LogP contribution in [0.2, 0.25) is 0 Å². The number of ether oxygens (including phenoxy) is 1. The minimum atomic E-state index is -0.821. The molecule has 0 aliphatic carbocycles. The number of methoxy groups -OCH3 is 1. The van der Waals surface area contributed by atoms with Crippen LogP contribution in [0.3, 0.4) is 0 Å². The number of aliphatic hydroxyl groups excluding tert-OH is 1. The van der Waals surface area contributed by atoms with E-state index < -0.39 is 18.0 Å². The van der Waals surface area contributed by atoms with Crippen molar-refractivity contribution < 1.29 is 19.7 Å². The highest BCUT2D eigenvalue weighted by Crippen LogP contribution is 1.99. The fourth-order valence-electron chi connectivity index (χ4n) is 1.23. The van der Waals surface area contributed by atoms with Crippen LogP contribution in [-0.2, 0) is 9.53 Å². The summed E-state index contributed by atoms with van der Waals surface area (Å²) in [6.07, 6.45) is -0.564. The largest absolute Gasteiger partial charge is 0.481 e. The minimum absolute atomic E-state index is 0.270. The van der Waals surface area contributed by atoms with Gasteiger partial charge in [0.2, 0.25) is 0 Å². The molecular weight excluding hydrogens is 186 g/mol. The molecule has 0 saturated carbocycles. The number of likely N-dealkylation sites (N-methyl/N-ethyl adjacent to an activating group) is 1. The molecule has 2 atom stereocenters. The predicted octanol–water partition coefficient (Wildman–Crippen LogP) is -0.354. The topological polar surface area (TPSA) is 70.0 Å². The van der Waals surface area contributed by atoms with Crippen LogP contribution in [-0.4, -0.2) is 61.0 Å². The lowest BCUT2D eigenvalue weighted by Crippen LogP contribution is -2.36. The van der Waals surface area contributed by atoms with E-state index in [4.69, 9.17) is 9.84 Å². The molecule has 2 unspecified atom stereocenters. The minimum Gasteiger partial charge on any atom is -0.481 e. The Morgan fingerprint density at radius 1 is 1.50 bits per heavy atom. The van der Waals surface area contributed by atoms with E-state index in [2.05, 4.69) is 0 Å². The van der Waals surface area contributed by atoms with Crippen molar-refractivity contribution in [3.63, 3.8) is 0 Å². The van der Waals surface area contributed by atoms with Gasteiger partial charge in [0.15, 0.2) is 0 Å². The Kier molecular flexibility index (Phi) is 6.44. The average Bonchev–Trinajstić information content (AvgIpc) is 2.03. The number of hydrogen-bond acceptors (Lipinski definition) is 4. The lowest BCUT2D eigenvalue weighted by molar-refractivity contribution is -0.141. The van der Waals surface area contributed by atoms with Gasteiger partial charge in [0.25, 0.3) is 0 Å². The highest BCUT2D eigenvalue weighted by molar-refractivity contribution is 5.69. The monoisotopic (exact) mass is 205 g/mol. The van der Waals surface area contributed by atoms with Crippen molar-refractivity contribution in [2.75, 3.05) is 33.9 Å². The summed E-state index contributed by atoms with van der Waals surface area (Å²) in [6.45, 7) is 2.76. The molecule has 0 rings (SSSR count). The predicted molar refractivity (Wildman–Crippen MR) is 52.2 cm³/mol. The van der Waals surface area contributed by atoms with Gasteiger partial charge in [-0.3, -0.25) is 4.79 Å². The summed E-state index contributed by atoms with van der Waals surface area (Å²) in [5.41, 5.74) is 0. The number of aliphatic hydroxyl groups is 1. The fourth-order valence-corrected chi connectivity index (χ4v) is 1.23. The van der Waals surface area contributed by atoms with E-state index in [9.17, 15) is 9.90 Å². The van der Waals surface area contributed by atoms with Gasteiger partial charge in [-0.25, -0.2) is 0 Å². The summed E-state index contributed by atoms with van der Waals surface area (Å²) >= 11 is 0. The first-order valence-electron chi connectivity index (χ1n) is 4.55. The van der Waals surface area contributed by atoms with E-state index in [1.165, 1.54) is 7.11 Å². The number of hydrogen-bond donors (Lipinski definition) is 2. The molecule has 0 fully saturated rings. The Balaban J connectivity index is 3.74. The van der Waals surface area contributed by atoms with Crippen LogP contribution >= 0.6 is 0 Å². The normalized spacial score (nSPS) is 15.5. The molecule has 5 nitrogen and oxygen atoms in total. The van der Waals surface area contributed by atoms with E-state index in [0.717, 1.165) is 0 Å². The first-order chi connectivity index (χ1) is 6.47. The Morgan fingerprint density at radius 2 is 2.07 bits per heavy atom. The first-order valence-corrected chi connectivity index (χ1v) is 4.55. The number of aliphatic carboxylic acids is 1. The molecule has 2 N–H and O–H groups in total. The van der Waals surface area contributed by atoms with Gasteiger partial charge < -0.3 is 19.8 Å². The van der Waals surface area contributed by atoms with Gasteiger partial charge in [0.1, 0.15) is 0 Å². The number of carbonyl (C=O) groups is 1. The summed E-state index contributed by atoms with van der Waals surface area (Å²) in [7, 11) is 3.29. The van der Waals surface area contributed by atoms with Crippen molar-refractivity contribution in [1.29, 1.82) is 0 Å². The second-order valence-electron chi connectivity index (χ2n) is 3.57. The standard InChI is InChI=1S/C9H19NO4/c1-7(9(12)13)4-10(2)5-8(11)6-14-3/h7-8,11H,4-6H2,1-3H3,(H,12,13). The third-order valence-electron chi connectivity index (χ3n) is 1.89. The third-order valence-corrected chi connectivity index (χ3v) is 1.89. The summed E-state index contributed by atoms with van der Waals surface area (Å²) < 4.78 is 4.76. The Hall–Kier alpha value is -0.650. The number of carboxylic acids is 1. The van der Waals surface area contributed by atoms with Crippen LogP contribution in [0, 0.1) is 5.92 Å². The molecule has 0 aromatic rings. The van der Waals surface area contributed by atoms with Gasteiger partial charge in [0.05, 0.1) is 18.6 Å². The molecule has 0 radical (unpaired) electrons. The third kappa shape index (κ3) is 5.90. The molecular formula is C9H19NO4. The molecule has 0 amide bonds. The van der Waals surface area contributed by atoms with Gasteiger partial charge in [-0.05, 0) is 7.05 Å². The average molecular weight is 205 g/mol. The summed E-state index contributed by atoms with van der Waals surface area (Å²) in [5, 5.41) is 18.0.